The number of hydrogen-bond donors (Lipinski definition) is 1. The van der Waals surface area contributed by atoms with E-state index in [1.165, 1.54) is 0 Å². The molecule has 2 aliphatic rings. The normalized spacial score (nSPS) is 16.8. The highest BCUT2D eigenvalue weighted by molar-refractivity contribution is 6.00. The van der Waals surface area contributed by atoms with Crippen LogP contribution in [0.4, 0.5) is 11.4 Å². The summed E-state index contributed by atoms with van der Waals surface area (Å²) >= 11 is 0. The Kier molecular flexibility index (Phi) is 7.91. The summed E-state index contributed by atoms with van der Waals surface area (Å²) in [4.78, 5) is 36.7. The fourth-order valence-corrected chi connectivity index (χ4v) is 5.98. The Bertz CT molecular complexity index is 1480. The zero-order chi connectivity index (χ0) is 28.1. The van der Waals surface area contributed by atoms with Crippen molar-refractivity contribution >= 4 is 34.2 Å². The summed E-state index contributed by atoms with van der Waals surface area (Å²) in [5.41, 5.74) is 3.20. The molecule has 6 rings (SSSR count). The largest absolute Gasteiger partial charge is 0.378 e. The second-order valence-electron chi connectivity index (χ2n) is 10.8. The molecule has 0 unspecified atom stereocenters. The quantitative estimate of drug-likeness (QED) is 0.351. The molecule has 0 spiro atoms. The number of para-hydroxylation sites is 1. The summed E-state index contributed by atoms with van der Waals surface area (Å²) in [5, 5.41) is 11.6. The maximum Gasteiger partial charge on any atom is 0.250 e. The number of aromatic nitrogens is 4. The van der Waals surface area contributed by atoms with Gasteiger partial charge in [-0.1, -0.05) is 42.7 Å². The molecule has 0 atom stereocenters. The van der Waals surface area contributed by atoms with Gasteiger partial charge in [0, 0.05) is 43.4 Å². The average Bonchev–Trinajstić information content (AvgIpc) is 3.44. The Balaban J connectivity index is 1.29. The summed E-state index contributed by atoms with van der Waals surface area (Å²) in [7, 11) is 0. The third-order valence-corrected chi connectivity index (χ3v) is 8.19. The van der Waals surface area contributed by atoms with Crippen molar-refractivity contribution in [3.63, 3.8) is 0 Å². The van der Waals surface area contributed by atoms with E-state index in [9.17, 15) is 9.59 Å². The van der Waals surface area contributed by atoms with Gasteiger partial charge in [-0.2, -0.15) is 0 Å². The van der Waals surface area contributed by atoms with E-state index in [4.69, 9.17) is 4.74 Å². The minimum Gasteiger partial charge on any atom is -0.378 e. The van der Waals surface area contributed by atoms with Gasteiger partial charge in [-0.05, 0) is 60.9 Å². The van der Waals surface area contributed by atoms with Gasteiger partial charge in [0.05, 0.1) is 18.7 Å². The predicted octanol–water partition coefficient (Wildman–Crippen LogP) is 4.03. The summed E-state index contributed by atoms with van der Waals surface area (Å²) in [5.74, 6) is -0.332. The first-order chi connectivity index (χ1) is 20.1. The molecule has 212 valence electrons. The van der Waals surface area contributed by atoms with E-state index in [1.807, 2.05) is 60.7 Å². The molecule has 0 radical (unpaired) electrons. The lowest BCUT2D eigenvalue weighted by Gasteiger charge is -2.45. The van der Waals surface area contributed by atoms with Gasteiger partial charge in [-0.15, -0.1) is 5.10 Å². The molecular formula is C31H35N7O3. The molecule has 2 aromatic heterocycles. The molecule has 41 heavy (non-hydrogen) atoms. The fraction of sp³-hybridized carbons (Fsp3) is 0.387. The number of carbonyl (C=O) groups is 2. The molecule has 1 aliphatic heterocycles. The standard InChI is InChI=1S/C31H35N7O3/c39-29(23-38-28-9-3-2-8-27(28)34-35-38)37(22-24-7-6-16-32-21-24)31(14-4-1-5-15-31)30(40)33-25-10-12-26(13-11-25)36-17-19-41-20-18-36/h2-3,6-13,16,21H,1,4-5,14-15,17-20,22-23H2,(H,33,40). The highest BCUT2D eigenvalue weighted by Crippen LogP contribution is 2.37. The predicted molar refractivity (Wildman–Crippen MR) is 156 cm³/mol. The summed E-state index contributed by atoms with van der Waals surface area (Å²) in [6.07, 6.45) is 7.42. The molecule has 10 nitrogen and oxygen atoms in total. The smallest absolute Gasteiger partial charge is 0.250 e. The lowest BCUT2D eigenvalue weighted by atomic mass is 9.78. The van der Waals surface area contributed by atoms with Crippen molar-refractivity contribution in [2.75, 3.05) is 36.5 Å². The number of pyridine rings is 1. The number of anilines is 2. The third-order valence-electron chi connectivity index (χ3n) is 8.19. The summed E-state index contributed by atoms with van der Waals surface area (Å²) in [6.45, 7) is 3.40. The number of nitrogens with one attached hydrogen (secondary N) is 1. The van der Waals surface area contributed by atoms with Crippen LogP contribution in [0, 0.1) is 0 Å². The van der Waals surface area contributed by atoms with E-state index < -0.39 is 5.54 Å². The van der Waals surface area contributed by atoms with Crippen LogP contribution in [0.1, 0.15) is 37.7 Å². The number of ether oxygens (including phenoxy) is 1. The Morgan fingerprint density at radius 2 is 1.73 bits per heavy atom. The Morgan fingerprint density at radius 3 is 2.49 bits per heavy atom. The van der Waals surface area contributed by atoms with E-state index in [2.05, 4.69) is 25.5 Å². The molecular weight excluding hydrogens is 518 g/mol. The Morgan fingerprint density at radius 1 is 0.951 bits per heavy atom. The Hall–Kier alpha value is -4.31. The van der Waals surface area contributed by atoms with Crippen LogP contribution in [0.15, 0.2) is 73.1 Å². The van der Waals surface area contributed by atoms with Crippen LogP contribution >= 0.6 is 0 Å². The minimum absolute atomic E-state index is 0.00987. The van der Waals surface area contributed by atoms with Crippen molar-refractivity contribution in [2.24, 2.45) is 0 Å². The second-order valence-corrected chi connectivity index (χ2v) is 10.8. The van der Waals surface area contributed by atoms with Crippen LogP contribution in [0.3, 0.4) is 0 Å². The van der Waals surface area contributed by atoms with E-state index in [-0.39, 0.29) is 24.9 Å². The van der Waals surface area contributed by atoms with Crippen molar-refractivity contribution in [2.45, 2.75) is 50.7 Å². The number of amides is 2. The number of carbonyl (C=O) groups excluding carboxylic acids is 2. The van der Waals surface area contributed by atoms with Crippen LogP contribution in [0.25, 0.3) is 11.0 Å². The van der Waals surface area contributed by atoms with Crippen LogP contribution in [0.5, 0.6) is 0 Å². The van der Waals surface area contributed by atoms with Gasteiger partial charge in [0.1, 0.15) is 17.6 Å². The first-order valence-corrected chi connectivity index (χ1v) is 14.3. The van der Waals surface area contributed by atoms with Crippen molar-refractivity contribution in [3.05, 3.63) is 78.6 Å². The second kappa shape index (κ2) is 12.1. The van der Waals surface area contributed by atoms with Crippen LogP contribution in [-0.4, -0.2) is 68.5 Å². The molecule has 1 saturated heterocycles. The molecule has 2 fully saturated rings. The molecule has 1 aliphatic carbocycles. The van der Waals surface area contributed by atoms with Gasteiger partial charge < -0.3 is 19.9 Å². The molecule has 0 bridgehead atoms. The number of morpholine rings is 1. The van der Waals surface area contributed by atoms with Crippen LogP contribution < -0.4 is 10.2 Å². The van der Waals surface area contributed by atoms with Gasteiger partial charge in [0.2, 0.25) is 11.8 Å². The van der Waals surface area contributed by atoms with Gasteiger partial charge in [-0.25, -0.2) is 4.68 Å². The SMILES string of the molecule is O=C(Cn1nnc2ccccc21)N(Cc1cccnc1)C1(C(=O)Nc2ccc(N3CCOCC3)cc2)CCCCC1. The first-order valence-electron chi connectivity index (χ1n) is 14.3. The van der Waals surface area contributed by atoms with E-state index in [0.29, 0.717) is 31.7 Å². The van der Waals surface area contributed by atoms with E-state index >= 15 is 0 Å². The molecule has 1 N–H and O–H groups in total. The number of benzene rings is 2. The molecule has 4 aromatic rings. The molecule has 3 heterocycles. The van der Waals surface area contributed by atoms with Crippen molar-refractivity contribution in [1.29, 1.82) is 0 Å². The molecule has 2 amide bonds. The molecule has 2 aromatic carbocycles. The van der Waals surface area contributed by atoms with Gasteiger partial charge in [0.15, 0.2) is 0 Å². The first kappa shape index (κ1) is 26.9. The average molecular weight is 554 g/mol. The lowest BCUT2D eigenvalue weighted by Crippen LogP contribution is -2.60. The maximum absolute atomic E-state index is 14.2. The number of rotatable bonds is 8. The minimum atomic E-state index is -0.996. The topological polar surface area (TPSA) is 105 Å². The Labute approximate surface area is 239 Å². The van der Waals surface area contributed by atoms with Gasteiger partial charge in [0.25, 0.3) is 0 Å². The van der Waals surface area contributed by atoms with Gasteiger partial charge >= 0.3 is 0 Å². The fourth-order valence-electron chi connectivity index (χ4n) is 5.98. The van der Waals surface area contributed by atoms with E-state index in [0.717, 1.165) is 54.6 Å². The highest BCUT2D eigenvalue weighted by atomic mass is 16.5. The summed E-state index contributed by atoms with van der Waals surface area (Å²) < 4.78 is 7.09. The maximum atomic E-state index is 14.2. The van der Waals surface area contributed by atoms with Gasteiger partial charge in [-0.3, -0.25) is 14.6 Å². The lowest BCUT2D eigenvalue weighted by molar-refractivity contribution is -0.149. The third kappa shape index (κ3) is 5.78. The number of fused-ring (bicyclic) bond motifs is 1. The van der Waals surface area contributed by atoms with Crippen molar-refractivity contribution < 1.29 is 14.3 Å². The molecule has 10 heteroatoms. The number of hydrogen-bond acceptors (Lipinski definition) is 7. The highest BCUT2D eigenvalue weighted by Gasteiger charge is 2.47. The van der Waals surface area contributed by atoms with Crippen molar-refractivity contribution in [1.82, 2.24) is 24.9 Å². The summed E-state index contributed by atoms with van der Waals surface area (Å²) in [6, 6.07) is 19.3. The zero-order valence-electron chi connectivity index (χ0n) is 23.1. The zero-order valence-corrected chi connectivity index (χ0v) is 23.1. The van der Waals surface area contributed by atoms with Crippen LogP contribution in [0.2, 0.25) is 0 Å². The van der Waals surface area contributed by atoms with Crippen LogP contribution in [-0.2, 0) is 27.4 Å². The van der Waals surface area contributed by atoms with Crippen molar-refractivity contribution in [3.8, 4) is 0 Å². The van der Waals surface area contributed by atoms with E-state index in [1.54, 1.807) is 22.0 Å². The molecule has 1 saturated carbocycles. The monoisotopic (exact) mass is 553 g/mol. The number of nitrogens with zero attached hydrogens (tertiary/aromatic N) is 6.